The molecule has 0 heterocycles. The van der Waals surface area contributed by atoms with Crippen LogP contribution in [0.25, 0.3) is 0 Å². The predicted molar refractivity (Wildman–Crippen MR) is 104 cm³/mol. The Hall–Kier alpha value is -3.60. The number of carbonyl (C=O) groups is 2. The minimum atomic E-state index is -1.65. The van der Waals surface area contributed by atoms with Gasteiger partial charge in [0.2, 0.25) is 6.54 Å². The van der Waals surface area contributed by atoms with Crippen molar-refractivity contribution < 1.29 is 14.5 Å². The Morgan fingerprint density at radius 1 is 0.750 bits per heavy atom. The van der Waals surface area contributed by atoms with E-state index in [9.17, 15) is 19.7 Å². The number of rotatable bonds is 5. The molecule has 0 saturated carbocycles. The summed E-state index contributed by atoms with van der Waals surface area (Å²) < 4.78 is 0. The summed E-state index contributed by atoms with van der Waals surface area (Å²) in [5, 5.41) is 11.6. The van der Waals surface area contributed by atoms with Crippen LogP contribution in [0, 0.1) is 10.1 Å². The van der Waals surface area contributed by atoms with Crippen molar-refractivity contribution in [3.8, 4) is 0 Å². The zero-order chi connectivity index (χ0) is 19.7. The summed E-state index contributed by atoms with van der Waals surface area (Å²) in [5.41, 5.74) is 0.0649. The summed E-state index contributed by atoms with van der Waals surface area (Å²) in [5.74, 6) is -1.68. The van der Waals surface area contributed by atoms with Gasteiger partial charge in [-0.05, 0) is 11.1 Å². The molecule has 1 aliphatic rings. The SMILES string of the molecule is O=C1c2ccccc2C(=O)C1(c1ccccc1)[C@H](C[N+](=O)[O-])c1ccccc1. The maximum absolute atomic E-state index is 13.7. The highest BCUT2D eigenvalue weighted by atomic mass is 16.6. The number of fused-ring (bicyclic) bond motifs is 1. The van der Waals surface area contributed by atoms with Crippen LogP contribution in [0.3, 0.4) is 0 Å². The molecular weight excluding hydrogens is 354 g/mol. The van der Waals surface area contributed by atoms with Gasteiger partial charge in [0.05, 0.1) is 5.92 Å². The molecule has 0 fully saturated rings. The van der Waals surface area contributed by atoms with E-state index in [4.69, 9.17) is 0 Å². The quantitative estimate of drug-likeness (QED) is 0.385. The van der Waals surface area contributed by atoms with Gasteiger partial charge in [-0.15, -0.1) is 0 Å². The van der Waals surface area contributed by atoms with E-state index in [-0.39, 0.29) is 11.6 Å². The highest BCUT2D eigenvalue weighted by Gasteiger charge is 2.60. The van der Waals surface area contributed by atoms with E-state index < -0.39 is 22.8 Å². The summed E-state index contributed by atoms with van der Waals surface area (Å²) in [7, 11) is 0. The molecule has 138 valence electrons. The van der Waals surface area contributed by atoms with Crippen LogP contribution in [0.15, 0.2) is 84.9 Å². The van der Waals surface area contributed by atoms with Gasteiger partial charge < -0.3 is 0 Å². The number of benzene rings is 3. The first-order valence-electron chi connectivity index (χ1n) is 8.97. The van der Waals surface area contributed by atoms with Crippen LogP contribution in [-0.2, 0) is 5.41 Å². The molecule has 3 aromatic carbocycles. The summed E-state index contributed by atoms with van der Waals surface area (Å²) in [4.78, 5) is 38.5. The Morgan fingerprint density at radius 3 is 1.71 bits per heavy atom. The molecular formula is C23H17NO4. The normalized spacial score (nSPS) is 15.9. The third-order valence-corrected chi connectivity index (χ3v) is 5.42. The highest BCUT2D eigenvalue weighted by Crippen LogP contribution is 2.49. The van der Waals surface area contributed by atoms with Crippen molar-refractivity contribution in [2.24, 2.45) is 0 Å². The third-order valence-electron chi connectivity index (χ3n) is 5.42. The van der Waals surface area contributed by atoms with Crippen molar-refractivity contribution >= 4 is 11.6 Å². The van der Waals surface area contributed by atoms with Gasteiger partial charge >= 0.3 is 0 Å². The zero-order valence-electron chi connectivity index (χ0n) is 14.9. The summed E-state index contributed by atoms with van der Waals surface area (Å²) in [6, 6.07) is 24.1. The van der Waals surface area contributed by atoms with E-state index in [1.165, 1.54) is 0 Å². The molecule has 0 aromatic heterocycles. The predicted octanol–water partition coefficient (Wildman–Crippen LogP) is 4.06. The lowest BCUT2D eigenvalue weighted by Crippen LogP contribution is -2.46. The fourth-order valence-corrected chi connectivity index (χ4v) is 4.21. The molecule has 0 radical (unpaired) electrons. The minimum Gasteiger partial charge on any atom is -0.293 e. The van der Waals surface area contributed by atoms with E-state index >= 15 is 0 Å². The fraction of sp³-hybridized carbons (Fsp3) is 0.130. The molecule has 5 nitrogen and oxygen atoms in total. The van der Waals surface area contributed by atoms with Gasteiger partial charge in [0, 0.05) is 16.1 Å². The average molecular weight is 371 g/mol. The van der Waals surface area contributed by atoms with Crippen LogP contribution in [-0.4, -0.2) is 23.0 Å². The molecule has 0 spiro atoms. The lowest BCUT2D eigenvalue weighted by atomic mass is 9.64. The van der Waals surface area contributed by atoms with Gasteiger partial charge in [0.25, 0.3) is 0 Å². The molecule has 0 N–H and O–H groups in total. The Balaban J connectivity index is 2.04. The van der Waals surface area contributed by atoms with Crippen molar-refractivity contribution in [1.82, 2.24) is 0 Å². The zero-order valence-corrected chi connectivity index (χ0v) is 14.9. The van der Waals surface area contributed by atoms with Crippen molar-refractivity contribution in [3.63, 3.8) is 0 Å². The second-order valence-corrected chi connectivity index (χ2v) is 6.86. The van der Waals surface area contributed by atoms with Crippen LogP contribution in [0.5, 0.6) is 0 Å². The Kier molecular flexibility index (Phi) is 4.35. The maximum atomic E-state index is 13.7. The van der Waals surface area contributed by atoms with E-state index in [1.54, 1.807) is 84.9 Å². The largest absolute Gasteiger partial charge is 0.293 e. The third kappa shape index (κ3) is 2.55. The van der Waals surface area contributed by atoms with E-state index in [2.05, 4.69) is 0 Å². The Bertz CT molecular complexity index is 1030. The van der Waals surface area contributed by atoms with Gasteiger partial charge in [-0.2, -0.15) is 0 Å². The fourth-order valence-electron chi connectivity index (χ4n) is 4.21. The van der Waals surface area contributed by atoms with E-state index in [0.717, 1.165) is 0 Å². The molecule has 0 aliphatic heterocycles. The summed E-state index contributed by atoms with van der Waals surface area (Å²) in [6.07, 6.45) is 0. The van der Waals surface area contributed by atoms with Crippen molar-refractivity contribution in [2.75, 3.05) is 6.54 Å². The number of nitro groups is 1. The topological polar surface area (TPSA) is 77.3 Å². The van der Waals surface area contributed by atoms with Gasteiger partial charge in [0.15, 0.2) is 11.6 Å². The molecule has 0 amide bonds. The molecule has 0 bridgehead atoms. The van der Waals surface area contributed by atoms with Crippen LogP contribution >= 0.6 is 0 Å². The molecule has 3 aromatic rings. The highest BCUT2D eigenvalue weighted by molar-refractivity contribution is 6.33. The van der Waals surface area contributed by atoms with Crippen LogP contribution < -0.4 is 0 Å². The van der Waals surface area contributed by atoms with Crippen LogP contribution in [0.1, 0.15) is 37.8 Å². The summed E-state index contributed by atoms with van der Waals surface area (Å²) >= 11 is 0. The van der Waals surface area contributed by atoms with Crippen molar-refractivity contribution in [2.45, 2.75) is 11.3 Å². The van der Waals surface area contributed by atoms with Gasteiger partial charge in [-0.25, -0.2) is 0 Å². The number of Topliss-reactive ketones (excluding diaryl/α,β-unsaturated/α-hetero) is 2. The number of hydrogen-bond acceptors (Lipinski definition) is 4. The molecule has 1 atom stereocenters. The van der Waals surface area contributed by atoms with E-state index in [1.807, 2.05) is 0 Å². The van der Waals surface area contributed by atoms with Gasteiger partial charge in [-0.1, -0.05) is 84.9 Å². The molecule has 28 heavy (non-hydrogen) atoms. The maximum Gasteiger partial charge on any atom is 0.212 e. The number of ketones is 2. The number of hydrogen-bond donors (Lipinski definition) is 0. The molecule has 4 rings (SSSR count). The lowest BCUT2D eigenvalue weighted by molar-refractivity contribution is -0.484. The van der Waals surface area contributed by atoms with Gasteiger partial charge in [-0.3, -0.25) is 19.7 Å². The Morgan fingerprint density at radius 2 is 1.21 bits per heavy atom. The first kappa shape index (κ1) is 17.8. The second-order valence-electron chi connectivity index (χ2n) is 6.86. The standard InChI is InChI=1S/C23H17NO4/c25-21-18-13-7-8-14-19(18)22(26)23(21,17-11-5-2-6-12-17)20(15-24(27)28)16-9-3-1-4-10-16/h1-14,20H,15H2/t20-/m1/s1. The summed E-state index contributed by atoms with van der Waals surface area (Å²) in [6.45, 7) is -0.523. The Labute approximate surface area is 161 Å². The van der Waals surface area contributed by atoms with Crippen LogP contribution in [0.4, 0.5) is 0 Å². The lowest BCUT2D eigenvalue weighted by Gasteiger charge is -2.33. The molecule has 0 saturated heterocycles. The molecule has 1 aliphatic carbocycles. The first-order chi connectivity index (χ1) is 13.6. The smallest absolute Gasteiger partial charge is 0.212 e. The number of carbonyl (C=O) groups excluding carboxylic acids is 2. The molecule has 5 heteroatoms. The minimum absolute atomic E-state index is 0.320. The monoisotopic (exact) mass is 371 g/mol. The second kappa shape index (κ2) is 6.85. The molecule has 0 unspecified atom stereocenters. The van der Waals surface area contributed by atoms with E-state index in [0.29, 0.717) is 22.3 Å². The van der Waals surface area contributed by atoms with Crippen molar-refractivity contribution in [3.05, 3.63) is 117 Å². The van der Waals surface area contributed by atoms with Crippen LogP contribution in [0.2, 0.25) is 0 Å². The first-order valence-corrected chi connectivity index (χ1v) is 8.97. The average Bonchev–Trinajstić information content (AvgIpc) is 2.96. The van der Waals surface area contributed by atoms with Crippen molar-refractivity contribution in [1.29, 1.82) is 0 Å². The van der Waals surface area contributed by atoms with Gasteiger partial charge in [0.1, 0.15) is 5.41 Å². The number of nitrogens with zero attached hydrogens (tertiary/aromatic N) is 1.